The van der Waals surface area contributed by atoms with Gasteiger partial charge in [0.2, 0.25) is 5.91 Å². The molecule has 1 unspecified atom stereocenters. The highest BCUT2D eigenvalue weighted by Crippen LogP contribution is 2.32. The molecular weight excluding hydrogens is 356 g/mol. The molecule has 0 saturated carbocycles. The van der Waals surface area contributed by atoms with Crippen LogP contribution in [0.15, 0.2) is 34.8 Å². The fourth-order valence-electron chi connectivity index (χ4n) is 3.17. The van der Waals surface area contributed by atoms with E-state index in [0.29, 0.717) is 12.6 Å². The van der Waals surface area contributed by atoms with Crippen LogP contribution in [0.1, 0.15) is 30.1 Å². The lowest BCUT2D eigenvalue weighted by molar-refractivity contribution is -0.117. The highest BCUT2D eigenvalue weighted by molar-refractivity contribution is 9.10. The number of aryl methyl sites for hydroxylation is 2. The van der Waals surface area contributed by atoms with Crippen molar-refractivity contribution in [3.05, 3.63) is 46.1 Å². The van der Waals surface area contributed by atoms with Crippen molar-refractivity contribution in [2.24, 2.45) is 7.05 Å². The number of nitrogens with one attached hydrogen (secondary N) is 1. The van der Waals surface area contributed by atoms with Crippen molar-refractivity contribution in [1.29, 1.82) is 0 Å². The molecule has 122 valence electrons. The quantitative estimate of drug-likeness (QED) is 0.890. The van der Waals surface area contributed by atoms with Gasteiger partial charge in [-0.3, -0.25) is 14.4 Å². The Balaban J connectivity index is 1.65. The Morgan fingerprint density at radius 3 is 2.78 bits per heavy atom. The van der Waals surface area contributed by atoms with E-state index in [1.165, 1.54) is 5.56 Å². The van der Waals surface area contributed by atoms with Crippen molar-refractivity contribution in [2.45, 2.75) is 25.8 Å². The summed E-state index contributed by atoms with van der Waals surface area (Å²) >= 11 is 3.47. The maximum Gasteiger partial charge on any atom is 0.239 e. The minimum atomic E-state index is 0.0111. The SMILES string of the molecule is Cc1cc(NC(=O)CN2CCCC2c2ccc(Br)cc2)n(C)n1. The lowest BCUT2D eigenvalue weighted by Crippen LogP contribution is -2.33. The molecule has 2 aromatic rings. The number of halogens is 1. The van der Waals surface area contributed by atoms with Crippen molar-refractivity contribution in [2.75, 3.05) is 18.4 Å². The summed E-state index contributed by atoms with van der Waals surface area (Å²) in [6, 6.07) is 10.6. The fraction of sp³-hybridized carbons (Fsp3) is 0.412. The zero-order valence-corrected chi connectivity index (χ0v) is 15.0. The van der Waals surface area contributed by atoms with Crippen molar-refractivity contribution < 1.29 is 4.79 Å². The van der Waals surface area contributed by atoms with E-state index in [0.717, 1.165) is 35.4 Å². The molecule has 1 fully saturated rings. The van der Waals surface area contributed by atoms with E-state index in [9.17, 15) is 4.79 Å². The molecule has 1 aromatic heterocycles. The van der Waals surface area contributed by atoms with Gasteiger partial charge in [-0.1, -0.05) is 28.1 Å². The molecule has 1 atom stereocenters. The normalized spacial score (nSPS) is 18.3. The van der Waals surface area contributed by atoms with Crippen LogP contribution in [0.2, 0.25) is 0 Å². The van der Waals surface area contributed by atoms with Gasteiger partial charge in [-0.2, -0.15) is 5.10 Å². The summed E-state index contributed by atoms with van der Waals surface area (Å²) in [5.74, 6) is 0.754. The van der Waals surface area contributed by atoms with Crippen LogP contribution in [0.4, 0.5) is 5.82 Å². The molecule has 1 aliphatic heterocycles. The standard InChI is InChI=1S/C17H21BrN4O/c1-12-10-16(21(2)20-12)19-17(23)11-22-9-3-4-15(22)13-5-7-14(18)8-6-13/h5-8,10,15H,3-4,9,11H2,1-2H3,(H,19,23). The molecule has 1 N–H and O–H groups in total. The first-order valence-electron chi connectivity index (χ1n) is 7.83. The van der Waals surface area contributed by atoms with Crippen LogP contribution in [0.5, 0.6) is 0 Å². The van der Waals surface area contributed by atoms with E-state index >= 15 is 0 Å². The smallest absolute Gasteiger partial charge is 0.239 e. The summed E-state index contributed by atoms with van der Waals surface area (Å²) in [6.45, 7) is 3.28. The Hall–Kier alpha value is -1.66. The molecule has 0 bridgehead atoms. The lowest BCUT2D eigenvalue weighted by Gasteiger charge is -2.24. The topological polar surface area (TPSA) is 50.2 Å². The maximum atomic E-state index is 12.4. The van der Waals surface area contributed by atoms with Crippen LogP contribution in [-0.4, -0.2) is 33.7 Å². The number of amides is 1. The summed E-state index contributed by atoms with van der Waals surface area (Å²) < 4.78 is 2.78. The molecule has 3 rings (SSSR count). The average Bonchev–Trinajstić information content (AvgIpc) is 3.07. The third kappa shape index (κ3) is 3.82. The van der Waals surface area contributed by atoms with Gasteiger partial charge in [-0.25, -0.2) is 0 Å². The third-order valence-electron chi connectivity index (χ3n) is 4.23. The fourth-order valence-corrected chi connectivity index (χ4v) is 3.44. The van der Waals surface area contributed by atoms with Crippen LogP contribution in [0, 0.1) is 6.92 Å². The third-order valence-corrected chi connectivity index (χ3v) is 4.76. The Morgan fingerprint density at radius 2 is 2.13 bits per heavy atom. The second-order valence-corrected chi connectivity index (χ2v) is 6.94. The molecule has 23 heavy (non-hydrogen) atoms. The molecule has 0 radical (unpaired) electrons. The number of rotatable bonds is 4. The number of hydrogen-bond donors (Lipinski definition) is 1. The molecule has 0 spiro atoms. The first-order chi connectivity index (χ1) is 11.0. The molecule has 5 nitrogen and oxygen atoms in total. The van der Waals surface area contributed by atoms with E-state index in [1.54, 1.807) is 4.68 Å². The maximum absolute atomic E-state index is 12.4. The summed E-state index contributed by atoms with van der Waals surface area (Å²) in [4.78, 5) is 14.6. The van der Waals surface area contributed by atoms with Gasteiger partial charge in [0.15, 0.2) is 0 Å². The second kappa shape index (κ2) is 6.84. The molecule has 1 amide bonds. The highest BCUT2D eigenvalue weighted by Gasteiger charge is 2.27. The van der Waals surface area contributed by atoms with Crippen molar-refractivity contribution in [3.8, 4) is 0 Å². The van der Waals surface area contributed by atoms with Crippen LogP contribution in [0.25, 0.3) is 0 Å². The molecule has 0 aliphatic carbocycles. The Bertz CT molecular complexity index is 695. The predicted molar refractivity (Wildman–Crippen MR) is 94.3 cm³/mol. The van der Waals surface area contributed by atoms with Crippen molar-refractivity contribution in [3.63, 3.8) is 0 Å². The van der Waals surface area contributed by atoms with Crippen LogP contribution < -0.4 is 5.32 Å². The number of hydrogen-bond acceptors (Lipinski definition) is 3. The van der Waals surface area contributed by atoms with Crippen LogP contribution >= 0.6 is 15.9 Å². The Labute approximate surface area is 144 Å². The minimum absolute atomic E-state index is 0.0111. The monoisotopic (exact) mass is 376 g/mol. The van der Waals surface area contributed by atoms with E-state index in [-0.39, 0.29) is 5.91 Å². The van der Waals surface area contributed by atoms with Gasteiger partial charge in [0.25, 0.3) is 0 Å². The van der Waals surface area contributed by atoms with Crippen molar-refractivity contribution in [1.82, 2.24) is 14.7 Å². The van der Waals surface area contributed by atoms with Gasteiger partial charge in [-0.15, -0.1) is 0 Å². The Morgan fingerprint density at radius 1 is 1.39 bits per heavy atom. The van der Waals surface area contributed by atoms with Gasteiger partial charge < -0.3 is 5.32 Å². The van der Waals surface area contributed by atoms with Gasteiger partial charge >= 0.3 is 0 Å². The zero-order chi connectivity index (χ0) is 16.4. The summed E-state index contributed by atoms with van der Waals surface area (Å²) in [6.07, 6.45) is 2.22. The van der Waals surface area contributed by atoms with E-state index in [2.05, 4.69) is 55.5 Å². The molecule has 1 saturated heterocycles. The number of anilines is 1. The van der Waals surface area contributed by atoms with Gasteiger partial charge in [0.05, 0.1) is 12.2 Å². The first kappa shape index (κ1) is 16.2. The summed E-state index contributed by atoms with van der Waals surface area (Å²) in [5.41, 5.74) is 2.17. The largest absolute Gasteiger partial charge is 0.310 e. The summed E-state index contributed by atoms with van der Waals surface area (Å²) in [7, 11) is 1.84. The van der Waals surface area contributed by atoms with Gasteiger partial charge in [0.1, 0.15) is 5.82 Å². The summed E-state index contributed by atoms with van der Waals surface area (Å²) in [5, 5.41) is 7.20. The van der Waals surface area contributed by atoms with E-state index in [1.807, 2.05) is 20.0 Å². The second-order valence-electron chi connectivity index (χ2n) is 6.02. The van der Waals surface area contributed by atoms with E-state index in [4.69, 9.17) is 0 Å². The highest BCUT2D eigenvalue weighted by atomic mass is 79.9. The van der Waals surface area contributed by atoms with Crippen LogP contribution in [0.3, 0.4) is 0 Å². The first-order valence-corrected chi connectivity index (χ1v) is 8.62. The predicted octanol–water partition coefficient (Wildman–Crippen LogP) is 3.27. The number of carbonyl (C=O) groups is 1. The number of benzene rings is 1. The number of carbonyl (C=O) groups excluding carboxylic acids is 1. The van der Waals surface area contributed by atoms with Crippen molar-refractivity contribution >= 4 is 27.7 Å². The number of likely N-dealkylation sites (tertiary alicyclic amines) is 1. The van der Waals surface area contributed by atoms with Gasteiger partial charge in [-0.05, 0) is 44.0 Å². The van der Waals surface area contributed by atoms with Crippen LogP contribution in [-0.2, 0) is 11.8 Å². The van der Waals surface area contributed by atoms with E-state index < -0.39 is 0 Å². The zero-order valence-electron chi connectivity index (χ0n) is 13.4. The molecular formula is C17H21BrN4O. The molecule has 1 aliphatic rings. The minimum Gasteiger partial charge on any atom is -0.310 e. The number of aromatic nitrogens is 2. The molecule has 6 heteroatoms. The average molecular weight is 377 g/mol. The Kier molecular flexibility index (Phi) is 4.82. The lowest BCUT2D eigenvalue weighted by atomic mass is 10.0. The molecule has 1 aromatic carbocycles. The molecule has 2 heterocycles. The number of nitrogens with zero attached hydrogens (tertiary/aromatic N) is 3. The van der Waals surface area contributed by atoms with Gasteiger partial charge in [0, 0.05) is 23.6 Å².